The third kappa shape index (κ3) is 5.93. The molecule has 0 radical (unpaired) electrons. The first kappa shape index (κ1) is 21.1. The van der Waals surface area contributed by atoms with Crippen molar-refractivity contribution in [3.63, 3.8) is 0 Å². The Morgan fingerprint density at radius 1 is 1.21 bits per heavy atom. The summed E-state index contributed by atoms with van der Waals surface area (Å²) in [5.41, 5.74) is 0.630. The smallest absolute Gasteiger partial charge is 0.465 e. The second kappa shape index (κ2) is 9.16. The van der Waals surface area contributed by atoms with Crippen LogP contribution in [0.3, 0.4) is 0 Å². The van der Waals surface area contributed by atoms with Gasteiger partial charge in [-0.3, -0.25) is 4.99 Å². The summed E-state index contributed by atoms with van der Waals surface area (Å²) in [6.45, 7) is 1.90. The van der Waals surface area contributed by atoms with E-state index in [9.17, 15) is 18.0 Å². The molecule has 0 spiro atoms. The molecule has 2 rings (SSSR count). The molecule has 10 heteroatoms. The summed E-state index contributed by atoms with van der Waals surface area (Å²) in [4.78, 5) is 15.6. The number of benzene rings is 1. The Kier molecular flexibility index (Phi) is 6.91. The van der Waals surface area contributed by atoms with Crippen LogP contribution >= 0.6 is 0 Å². The van der Waals surface area contributed by atoms with Crippen molar-refractivity contribution >= 4 is 11.9 Å². The number of hydrogen-bond acceptors (Lipinski definition) is 5. The molecule has 0 amide bonds. The van der Waals surface area contributed by atoms with Crippen LogP contribution in [0.15, 0.2) is 39.7 Å². The van der Waals surface area contributed by atoms with Crippen molar-refractivity contribution in [2.24, 2.45) is 4.99 Å². The number of guanidine groups is 1. The topological polar surface area (TPSA) is 85.1 Å². The summed E-state index contributed by atoms with van der Waals surface area (Å²) in [7, 11) is 2.79. The van der Waals surface area contributed by atoms with Gasteiger partial charge in [0.05, 0.1) is 13.7 Å². The molecule has 0 aliphatic rings. The van der Waals surface area contributed by atoms with E-state index in [-0.39, 0.29) is 18.8 Å². The molecule has 0 aliphatic heterocycles. The highest BCUT2D eigenvalue weighted by Crippen LogP contribution is 2.26. The quantitative estimate of drug-likeness (QED) is 0.441. The van der Waals surface area contributed by atoms with Crippen LogP contribution in [0, 0.1) is 6.92 Å². The van der Waals surface area contributed by atoms with Gasteiger partial charge in [0.2, 0.25) is 0 Å². The third-order valence-electron chi connectivity index (χ3n) is 3.67. The minimum absolute atomic E-state index is 0.0521. The maximum Gasteiger partial charge on any atom is 0.573 e. The van der Waals surface area contributed by atoms with E-state index in [1.807, 2.05) is 0 Å². The Bertz CT molecular complexity index is 847. The van der Waals surface area contributed by atoms with Crippen LogP contribution in [0.5, 0.6) is 5.75 Å². The van der Waals surface area contributed by atoms with Gasteiger partial charge in [-0.1, -0.05) is 18.2 Å². The number of aryl methyl sites for hydroxylation is 1. The van der Waals surface area contributed by atoms with Gasteiger partial charge < -0.3 is 24.5 Å². The predicted molar refractivity (Wildman–Crippen MR) is 94.9 cm³/mol. The lowest BCUT2D eigenvalue weighted by molar-refractivity contribution is -0.274. The fraction of sp³-hybridized carbons (Fsp3) is 0.333. The summed E-state index contributed by atoms with van der Waals surface area (Å²) in [5.74, 6) is 0.431. The molecule has 0 saturated heterocycles. The summed E-state index contributed by atoms with van der Waals surface area (Å²) < 4.78 is 51.6. The lowest BCUT2D eigenvalue weighted by Crippen LogP contribution is -2.36. The van der Waals surface area contributed by atoms with Crippen molar-refractivity contribution < 1.29 is 31.9 Å². The van der Waals surface area contributed by atoms with Gasteiger partial charge in [-0.05, 0) is 19.1 Å². The highest BCUT2D eigenvalue weighted by Gasteiger charge is 2.31. The van der Waals surface area contributed by atoms with Crippen LogP contribution in [-0.2, 0) is 17.8 Å². The van der Waals surface area contributed by atoms with Crippen LogP contribution in [0.2, 0.25) is 0 Å². The zero-order chi connectivity index (χ0) is 20.7. The van der Waals surface area contributed by atoms with Gasteiger partial charge in [0, 0.05) is 19.2 Å². The van der Waals surface area contributed by atoms with Gasteiger partial charge in [0.1, 0.15) is 22.8 Å². The molecule has 2 aromatic rings. The first-order chi connectivity index (χ1) is 13.2. The van der Waals surface area contributed by atoms with Gasteiger partial charge in [-0.15, -0.1) is 13.2 Å². The lowest BCUT2D eigenvalue weighted by atomic mass is 10.2. The normalized spacial score (nSPS) is 11.9. The second-order valence-electron chi connectivity index (χ2n) is 5.61. The van der Waals surface area contributed by atoms with Crippen molar-refractivity contribution in [2.75, 3.05) is 14.2 Å². The molecular formula is C18H20F3N3O4. The SMILES string of the molecule is CN=C(NCc1cc(C(=O)OC)c(C)o1)NCc1ccccc1OC(F)(F)F. The molecule has 152 valence electrons. The Hall–Kier alpha value is -3.17. The number of rotatable bonds is 6. The van der Waals surface area contributed by atoms with E-state index in [2.05, 4.69) is 25.1 Å². The first-order valence-electron chi connectivity index (χ1n) is 8.19. The number of alkyl halides is 3. The van der Waals surface area contributed by atoms with Gasteiger partial charge >= 0.3 is 12.3 Å². The highest BCUT2D eigenvalue weighted by molar-refractivity contribution is 5.90. The molecule has 7 nitrogen and oxygen atoms in total. The Labute approximate surface area is 159 Å². The van der Waals surface area contributed by atoms with E-state index < -0.39 is 12.3 Å². The van der Waals surface area contributed by atoms with E-state index in [0.717, 1.165) is 0 Å². The molecule has 0 atom stereocenters. The molecule has 2 N–H and O–H groups in total. The van der Waals surface area contributed by atoms with E-state index in [1.54, 1.807) is 19.1 Å². The molecule has 0 unspecified atom stereocenters. The van der Waals surface area contributed by atoms with Crippen LogP contribution in [0.4, 0.5) is 13.2 Å². The van der Waals surface area contributed by atoms with Crippen molar-refractivity contribution in [1.82, 2.24) is 10.6 Å². The number of para-hydroxylation sites is 1. The molecule has 0 saturated carbocycles. The van der Waals surface area contributed by atoms with E-state index >= 15 is 0 Å². The molecule has 1 heterocycles. The molecule has 0 fully saturated rings. The summed E-state index contributed by atoms with van der Waals surface area (Å²) in [6.07, 6.45) is -4.77. The summed E-state index contributed by atoms with van der Waals surface area (Å²) >= 11 is 0. The zero-order valence-corrected chi connectivity index (χ0v) is 15.5. The Balaban J connectivity index is 1.97. The molecule has 1 aromatic heterocycles. The Morgan fingerprint density at radius 2 is 1.89 bits per heavy atom. The minimum atomic E-state index is -4.77. The average molecular weight is 399 g/mol. The number of hydrogen-bond donors (Lipinski definition) is 2. The van der Waals surface area contributed by atoms with Crippen LogP contribution in [0.25, 0.3) is 0 Å². The first-order valence-corrected chi connectivity index (χ1v) is 8.19. The van der Waals surface area contributed by atoms with Crippen molar-refractivity contribution in [3.8, 4) is 5.75 Å². The van der Waals surface area contributed by atoms with Crippen LogP contribution in [0.1, 0.15) is 27.4 Å². The predicted octanol–water partition coefficient (Wildman–Crippen LogP) is 3.14. The van der Waals surface area contributed by atoms with Crippen molar-refractivity contribution in [2.45, 2.75) is 26.4 Å². The Morgan fingerprint density at radius 3 is 2.54 bits per heavy atom. The van der Waals surface area contributed by atoms with Gasteiger partial charge in [0.15, 0.2) is 5.96 Å². The highest BCUT2D eigenvalue weighted by atomic mass is 19.4. The van der Waals surface area contributed by atoms with E-state index in [0.29, 0.717) is 28.6 Å². The van der Waals surface area contributed by atoms with E-state index in [1.165, 1.54) is 32.4 Å². The van der Waals surface area contributed by atoms with Crippen LogP contribution < -0.4 is 15.4 Å². The number of carbonyl (C=O) groups excluding carboxylic acids is 1. The summed E-state index contributed by atoms with van der Waals surface area (Å²) in [6, 6.07) is 7.36. The molecule has 0 aliphatic carbocycles. The minimum Gasteiger partial charge on any atom is -0.465 e. The number of halogens is 3. The number of furan rings is 1. The van der Waals surface area contributed by atoms with Gasteiger partial charge in [-0.2, -0.15) is 0 Å². The summed E-state index contributed by atoms with van der Waals surface area (Å²) in [5, 5.41) is 5.85. The molecule has 0 bridgehead atoms. The number of methoxy groups -OCH3 is 1. The maximum atomic E-state index is 12.5. The molecular weight excluding hydrogens is 379 g/mol. The lowest BCUT2D eigenvalue weighted by Gasteiger charge is -2.15. The number of nitrogens with one attached hydrogen (secondary N) is 2. The number of ether oxygens (including phenoxy) is 2. The van der Waals surface area contributed by atoms with Crippen molar-refractivity contribution in [1.29, 1.82) is 0 Å². The van der Waals surface area contributed by atoms with Crippen LogP contribution in [-0.4, -0.2) is 32.4 Å². The van der Waals surface area contributed by atoms with Gasteiger partial charge in [0.25, 0.3) is 0 Å². The fourth-order valence-electron chi connectivity index (χ4n) is 2.39. The zero-order valence-electron chi connectivity index (χ0n) is 15.5. The number of aliphatic imine (C=N–C) groups is 1. The van der Waals surface area contributed by atoms with Gasteiger partial charge in [-0.25, -0.2) is 4.79 Å². The third-order valence-corrected chi connectivity index (χ3v) is 3.67. The number of esters is 1. The largest absolute Gasteiger partial charge is 0.573 e. The average Bonchev–Trinajstić information content (AvgIpc) is 3.02. The monoisotopic (exact) mass is 399 g/mol. The number of carbonyl (C=O) groups is 1. The van der Waals surface area contributed by atoms with Crippen molar-refractivity contribution in [3.05, 3.63) is 53.0 Å². The number of nitrogens with zero attached hydrogens (tertiary/aromatic N) is 1. The van der Waals surface area contributed by atoms with E-state index in [4.69, 9.17) is 4.42 Å². The second-order valence-corrected chi connectivity index (χ2v) is 5.61. The molecule has 28 heavy (non-hydrogen) atoms. The molecule has 1 aromatic carbocycles. The maximum absolute atomic E-state index is 12.5. The standard InChI is InChI=1S/C18H20F3N3O4/c1-11-14(16(25)26-3)8-13(27-11)10-24-17(22-2)23-9-12-6-4-5-7-15(12)28-18(19,20)21/h4-8H,9-10H2,1-3H3,(H2,22,23,24). The fourth-order valence-corrected chi connectivity index (χ4v) is 2.39.